The molecule has 0 amide bonds. The number of benzene rings is 9. The zero-order valence-electron chi connectivity index (χ0n) is 57.9. The molecule has 26 nitrogen and oxygen atoms in total. The highest BCUT2D eigenvalue weighted by atomic mass is 16.8. The number of aliphatic hydroxyl groups excluding tert-OH is 1. The molecule has 0 spiro atoms. The van der Waals surface area contributed by atoms with E-state index in [0.29, 0.717) is 0 Å². The number of ether oxygens (including phenoxy) is 15. The lowest BCUT2D eigenvalue weighted by Gasteiger charge is -2.48. The summed E-state index contributed by atoms with van der Waals surface area (Å²) in [7, 11) is 0. The van der Waals surface area contributed by atoms with E-state index < -0.39 is 172 Å². The Morgan fingerprint density at radius 2 is 0.486 bits per heavy atom. The molecule has 0 bridgehead atoms. The third kappa shape index (κ3) is 19.6. The van der Waals surface area contributed by atoms with Gasteiger partial charge in [0.05, 0.1) is 56.7 Å². The number of esters is 10. The van der Waals surface area contributed by atoms with Gasteiger partial charge in [0, 0.05) is 6.92 Å². The molecule has 3 heterocycles. The lowest BCUT2D eigenvalue weighted by atomic mass is 9.95. The molecule has 1 N–H and O–H groups in total. The molecule has 0 aliphatic carbocycles. The minimum absolute atomic E-state index is 0.00431. The molecule has 9 aromatic carbocycles. The van der Waals surface area contributed by atoms with Gasteiger partial charge in [-0.15, -0.1) is 0 Å². The topological polar surface area (TPSA) is 329 Å². The summed E-state index contributed by atoms with van der Waals surface area (Å²) in [6.07, 6.45) is -30.6. The smallest absolute Gasteiger partial charge is 0.338 e. The number of hydrogen-bond acceptors (Lipinski definition) is 26. The minimum atomic E-state index is -2.40. The fourth-order valence-electron chi connectivity index (χ4n) is 12.1. The summed E-state index contributed by atoms with van der Waals surface area (Å²) in [6, 6.07) is 67.9. The molecular weight excluding hydrogens is 1410 g/mol. The number of carbonyl (C=O) groups excluding carboxylic acids is 10. The molecule has 9 aromatic rings. The lowest BCUT2D eigenvalue weighted by molar-refractivity contribution is -0.359. The Morgan fingerprint density at radius 3 is 0.780 bits per heavy atom. The maximum absolute atomic E-state index is 15.0. The van der Waals surface area contributed by atoms with Gasteiger partial charge in [-0.05, 0) is 109 Å². The quantitative estimate of drug-likeness (QED) is 0.0389. The van der Waals surface area contributed by atoms with Crippen molar-refractivity contribution >= 4 is 59.7 Å². The van der Waals surface area contributed by atoms with Crippen molar-refractivity contribution in [3.8, 4) is 0 Å². The highest BCUT2D eigenvalue weighted by Crippen LogP contribution is 2.38. The average Bonchev–Trinajstić information content (AvgIpc) is 0.766. The van der Waals surface area contributed by atoms with Crippen molar-refractivity contribution in [3.63, 3.8) is 0 Å². The van der Waals surface area contributed by atoms with Gasteiger partial charge in [0.1, 0.15) is 37.6 Å². The first-order valence-electron chi connectivity index (χ1n) is 34.4. The largest absolute Gasteiger partial charge is 0.459 e. The third-order valence-corrected chi connectivity index (χ3v) is 17.4. The molecule has 3 aliphatic heterocycles. The molecule has 3 fully saturated rings. The molecular formula is C83H70O26. The highest BCUT2D eigenvalue weighted by molar-refractivity contribution is 5.94. The maximum Gasteiger partial charge on any atom is 0.338 e. The van der Waals surface area contributed by atoms with Crippen LogP contribution in [0, 0.1) is 0 Å². The summed E-state index contributed by atoms with van der Waals surface area (Å²) in [5.74, 6) is -10.4. The molecule has 3 aliphatic rings. The number of rotatable bonds is 26. The Hall–Kier alpha value is -12.6. The van der Waals surface area contributed by atoms with E-state index in [1.54, 1.807) is 115 Å². The number of carbonyl (C=O) groups is 10. The molecule has 558 valence electrons. The third-order valence-electron chi connectivity index (χ3n) is 17.4. The lowest BCUT2D eigenvalue weighted by Crippen LogP contribution is -2.67. The molecule has 0 aromatic heterocycles. The summed E-state index contributed by atoms with van der Waals surface area (Å²) in [5, 5.41) is 12.7. The van der Waals surface area contributed by atoms with Crippen LogP contribution >= 0.6 is 0 Å². The summed E-state index contributed by atoms with van der Waals surface area (Å²) < 4.78 is 95.0. The van der Waals surface area contributed by atoms with Crippen molar-refractivity contribution in [2.24, 2.45) is 0 Å². The van der Waals surface area contributed by atoms with Gasteiger partial charge < -0.3 is 76.2 Å². The summed E-state index contributed by atoms with van der Waals surface area (Å²) in [4.78, 5) is 144. The normalized spacial score (nSPS) is 23.5. The summed E-state index contributed by atoms with van der Waals surface area (Å²) in [6.45, 7) is -1.69. The van der Waals surface area contributed by atoms with Crippen LogP contribution < -0.4 is 0 Å². The molecule has 0 unspecified atom stereocenters. The van der Waals surface area contributed by atoms with E-state index in [0.717, 1.165) is 6.92 Å². The van der Waals surface area contributed by atoms with E-state index in [-0.39, 0.29) is 50.1 Å². The van der Waals surface area contributed by atoms with Crippen LogP contribution in [-0.2, 0) is 75.8 Å². The second kappa shape index (κ2) is 36.6. The number of aliphatic hydroxyl groups is 1. The standard InChI is InChI=1S/C83H70O26/c1-50(84)98-71-68(106-78(91)57-41-23-8-24-42-57)65(104-76(89)55-37-19-6-20-38-55)62(48-96-73(86)52-31-13-3-14-32-52)101-83(71)109-66-63(102-74(87)53-33-15-4-16-34-53)60(99-81(94)69(66)107-79(92)58-43-25-9-26-44-58)49-97-82-70(108-80(93)59-45-27-10-28-46-59)67(105-77(90)56-39-21-7-22-40-56)64(103-75(88)54-35-17-5-18-36-54)61(100-82)47-95-72(85)51-29-11-2-12-30-51/h2-46,60-71,81-83,94H,47-49H2,1H3/t60-,61-,62-,63-,64-,65-,66+,67+,68+,69+,70+,71+,81+,82+,83-/m1/s1. The SMILES string of the molecule is CC(=O)O[C@@H]1[C@@H](O[C@@H]2[C@H](OC(=O)c3ccccc3)[C@@H](O)O[C@H](CO[C@H]3O[C@H](COC(=O)c4ccccc4)[C@@H](OC(=O)c4ccccc4)[C@H](OC(=O)c4ccccc4)[C@@H]3OC(=O)c3ccccc3)[C@H]2OC(=O)c2ccccc2)O[C@H](COC(=O)c2ccccc2)[C@@H](OC(=O)c2ccccc2)[C@@H]1OC(=O)c1ccccc1. The van der Waals surface area contributed by atoms with Crippen LogP contribution in [0.3, 0.4) is 0 Å². The van der Waals surface area contributed by atoms with E-state index in [1.807, 2.05) is 0 Å². The van der Waals surface area contributed by atoms with E-state index in [9.17, 15) is 53.1 Å². The van der Waals surface area contributed by atoms with Crippen LogP contribution in [0.1, 0.15) is 100 Å². The van der Waals surface area contributed by atoms with Crippen molar-refractivity contribution < 1.29 is 124 Å². The Balaban J connectivity index is 0.983. The fraction of sp³-hybridized carbons (Fsp3) is 0.229. The molecule has 0 saturated carbocycles. The van der Waals surface area contributed by atoms with Gasteiger partial charge in [0.2, 0.25) is 0 Å². The Kier molecular flexibility index (Phi) is 25.6. The van der Waals surface area contributed by atoms with E-state index in [2.05, 4.69) is 0 Å². The van der Waals surface area contributed by atoms with Gasteiger partial charge in [-0.1, -0.05) is 164 Å². The van der Waals surface area contributed by atoms with Crippen molar-refractivity contribution in [2.75, 3.05) is 19.8 Å². The van der Waals surface area contributed by atoms with Crippen LogP contribution in [0.4, 0.5) is 0 Å². The monoisotopic (exact) mass is 1480 g/mol. The van der Waals surface area contributed by atoms with Crippen LogP contribution in [0.5, 0.6) is 0 Å². The molecule has 26 heteroatoms. The average molecular weight is 1480 g/mol. The van der Waals surface area contributed by atoms with Gasteiger partial charge in [-0.3, -0.25) is 4.79 Å². The fourth-order valence-corrected chi connectivity index (χ4v) is 12.1. The molecule has 15 atom stereocenters. The zero-order valence-corrected chi connectivity index (χ0v) is 57.9. The van der Waals surface area contributed by atoms with Crippen molar-refractivity contribution in [1.82, 2.24) is 0 Å². The van der Waals surface area contributed by atoms with Crippen LogP contribution in [0.15, 0.2) is 273 Å². The Morgan fingerprint density at radius 1 is 0.257 bits per heavy atom. The molecule has 12 rings (SSSR count). The maximum atomic E-state index is 15.0. The van der Waals surface area contributed by atoms with Crippen molar-refractivity contribution in [3.05, 3.63) is 323 Å². The van der Waals surface area contributed by atoms with Gasteiger partial charge in [-0.25, -0.2) is 43.2 Å². The first kappa shape index (κ1) is 76.1. The van der Waals surface area contributed by atoms with Crippen LogP contribution in [0.2, 0.25) is 0 Å². The minimum Gasteiger partial charge on any atom is -0.459 e. The van der Waals surface area contributed by atoms with Crippen molar-refractivity contribution in [1.29, 1.82) is 0 Å². The predicted octanol–water partition coefficient (Wildman–Crippen LogP) is 9.78. The highest BCUT2D eigenvalue weighted by Gasteiger charge is 2.60. The van der Waals surface area contributed by atoms with Gasteiger partial charge in [-0.2, -0.15) is 0 Å². The van der Waals surface area contributed by atoms with Gasteiger partial charge in [0.15, 0.2) is 67.7 Å². The second-order valence-corrected chi connectivity index (χ2v) is 24.7. The molecule has 0 radical (unpaired) electrons. The summed E-state index contributed by atoms with van der Waals surface area (Å²) >= 11 is 0. The van der Waals surface area contributed by atoms with Gasteiger partial charge >= 0.3 is 59.7 Å². The van der Waals surface area contributed by atoms with Crippen molar-refractivity contribution in [2.45, 2.75) is 99.0 Å². The first-order valence-corrected chi connectivity index (χ1v) is 34.4. The van der Waals surface area contributed by atoms with E-state index in [4.69, 9.17) is 71.1 Å². The number of hydrogen-bond donors (Lipinski definition) is 1. The zero-order chi connectivity index (χ0) is 76.2. The summed E-state index contributed by atoms with van der Waals surface area (Å²) in [5.41, 5.74) is -0.251. The first-order chi connectivity index (χ1) is 53.0. The Bertz CT molecular complexity index is 4570. The second-order valence-electron chi connectivity index (χ2n) is 24.7. The Labute approximate surface area is 623 Å². The van der Waals surface area contributed by atoms with Crippen LogP contribution in [0.25, 0.3) is 0 Å². The van der Waals surface area contributed by atoms with E-state index >= 15 is 0 Å². The van der Waals surface area contributed by atoms with Crippen LogP contribution in [-0.4, -0.2) is 177 Å². The molecule has 3 saturated heterocycles. The molecule has 109 heavy (non-hydrogen) atoms. The van der Waals surface area contributed by atoms with Gasteiger partial charge in [0.25, 0.3) is 0 Å². The van der Waals surface area contributed by atoms with E-state index in [1.165, 1.54) is 158 Å². The predicted molar refractivity (Wildman–Crippen MR) is 378 cm³/mol.